The number of benzene rings is 2. The molecule has 12 heteroatoms. The summed E-state index contributed by atoms with van der Waals surface area (Å²) in [5, 5.41) is 5.85. The number of nitrogens with one attached hydrogen (secondary N) is 2. The molecule has 0 bridgehead atoms. The summed E-state index contributed by atoms with van der Waals surface area (Å²) in [6.45, 7) is 9.19. The maximum absolute atomic E-state index is 13.9. The highest BCUT2D eigenvalue weighted by Gasteiger charge is 2.35. The van der Waals surface area contributed by atoms with Crippen LogP contribution in [0.5, 0.6) is 0 Å². The summed E-state index contributed by atoms with van der Waals surface area (Å²) in [6, 6.07) is 14.5. The van der Waals surface area contributed by atoms with E-state index in [-0.39, 0.29) is 43.2 Å². The van der Waals surface area contributed by atoms with Crippen molar-refractivity contribution in [2.75, 3.05) is 27.8 Å². The number of carbonyl (C=O) groups is 5. The Kier molecular flexibility index (Phi) is 15.7. The van der Waals surface area contributed by atoms with Crippen molar-refractivity contribution in [3.63, 3.8) is 0 Å². The van der Waals surface area contributed by atoms with E-state index in [2.05, 4.69) is 10.6 Å². The molecule has 2 rings (SSSR count). The first kappa shape index (κ1) is 39.9. The maximum Gasteiger partial charge on any atom is 0.246 e. The number of rotatable bonds is 18. The predicted octanol–water partition coefficient (Wildman–Crippen LogP) is 1.52. The highest BCUT2D eigenvalue weighted by Crippen LogP contribution is 2.16. The van der Waals surface area contributed by atoms with Crippen molar-refractivity contribution in [2.24, 2.45) is 23.3 Å². The van der Waals surface area contributed by atoms with Gasteiger partial charge in [-0.1, -0.05) is 88.4 Å². The van der Waals surface area contributed by atoms with Crippen molar-refractivity contribution in [3.8, 4) is 0 Å². The first-order valence-corrected chi connectivity index (χ1v) is 16.5. The number of nitrogens with two attached hydrogens (primary N) is 2. The lowest BCUT2D eigenvalue weighted by molar-refractivity contribution is -0.147. The summed E-state index contributed by atoms with van der Waals surface area (Å²) in [6.07, 6.45) is 0.995. The molecule has 0 aromatic heterocycles. The summed E-state index contributed by atoms with van der Waals surface area (Å²) in [5.41, 5.74) is 13.6. The van der Waals surface area contributed by atoms with Crippen molar-refractivity contribution in [1.29, 1.82) is 0 Å². The van der Waals surface area contributed by atoms with Crippen LogP contribution in [0.15, 0.2) is 60.7 Å². The Morgan fingerprint density at radius 3 is 1.62 bits per heavy atom. The maximum atomic E-state index is 13.9. The largest absolute Gasteiger partial charge is 0.368 e. The van der Waals surface area contributed by atoms with E-state index in [9.17, 15) is 24.0 Å². The fraction of sp³-hybridized carbons (Fsp3) is 0.528. The number of hydrogen-bond donors (Lipinski definition) is 4. The number of amides is 5. The average Bonchev–Trinajstić information content (AvgIpc) is 3.05. The van der Waals surface area contributed by atoms with Gasteiger partial charge >= 0.3 is 0 Å². The molecule has 0 heterocycles. The van der Waals surface area contributed by atoms with Crippen LogP contribution in [0.2, 0.25) is 0 Å². The molecule has 0 spiro atoms. The molecule has 3 unspecified atom stereocenters. The molecule has 48 heavy (non-hydrogen) atoms. The van der Waals surface area contributed by atoms with E-state index >= 15 is 0 Å². The number of hydrogen-bond acceptors (Lipinski definition) is 7. The van der Waals surface area contributed by atoms with Gasteiger partial charge in [0.15, 0.2) is 0 Å². The van der Waals surface area contributed by atoms with Gasteiger partial charge in [0.05, 0.1) is 18.8 Å². The van der Waals surface area contributed by atoms with Gasteiger partial charge in [-0.3, -0.25) is 29.3 Å². The Balaban J connectivity index is 2.11. The molecule has 0 aliphatic carbocycles. The summed E-state index contributed by atoms with van der Waals surface area (Å²) in [4.78, 5) is 70.3. The molecule has 0 saturated carbocycles. The molecule has 2 aromatic rings. The summed E-state index contributed by atoms with van der Waals surface area (Å²) in [7, 11) is 4.64. The third kappa shape index (κ3) is 11.4. The molecule has 0 aliphatic heterocycles. The molecule has 0 saturated heterocycles. The minimum Gasteiger partial charge on any atom is -0.368 e. The molecule has 0 radical (unpaired) electrons. The first-order valence-electron chi connectivity index (χ1n) is 16.5. The van der Waals surface area contributed by atoms with Gasteiger partial charge in [-0.2, -0.15) is 0 Å². The zero-order chi connectivity index (χ0) is 36.1. The molecule has 5 amide bonds. The molecule has 6 N–H and O–H groups in total. The summed E-state index contributed by atoms with van der Waals surface area (Å²) in [5.74, 6) is -2.15. The topological polar surface area (TPSA) is 171 Å². The van der Waals surface area contributed by atoms with Crippen molar-refractivity contribution < 1.29 is 24.0 Å². The van der Waals surface area contributed by atoms with E-state index in [1.807, 2.05) is 88.4 Å². The lowest BCUT2D eigenvalue weighted by Crippen LogP contribution is -2.58. The van der Waals surface area contributed by atoms with Crippen molar-refractivity contribution in [2.45, 2.75) is 84.1 Å². The monoisotopic (exact) mass is 665 g/mol. The third-order valence-corrected chi connectivity index (χ3v) is 8.66. The molecule has 5 atom stereocenters. The van der Waals surface area contributed by atoms with E-state index in [0.717, 1.165) is 11.1 Å². The third-order valence-electron chi connectivity index (χ3n) is 8.66. The SMILES string of the molecule is CC(C)CC(N)C(=O)N(C)C(Cc1ccccc1)C(=O)N(C)[C@@H](C)C(=O)NCN[C@@H](C(=O)N(C)C(Cc1ccccc1)C(N)=O)C(C)C. The second kappa shape index (κ2) is 18.9. The molecule has 2 aromatic carbocycles. The minimum atomic E-state index is -0.897. The molecule has 264 valence electrons. The van der Waals surface area contributed by atoms with Gasteiger partial charge in [-0.25, -0.2) is 0 Å². The zero-order valence-corrected chi connectivity index (χ0v) is 29.7. The second-order valence-corrected chi connectivity index (χ2v) is 13.2. The Morgan fingerprint density at radius 1 is 0.688 bits per heavy atom. The van der Waals surface area contributed by atoms with Gasteiger partial charge in [-0.05, 0) is 36.3 Å². The fourth-order valence-corrected chi connectivity index (χ4v) is 5.50. The van der Waals surface area contributed by atoms with E-state index in [4.69, 9.17) is 11.5 Å². The minimum absolute atomic E-state index is 0.0660. The van der Waals surface area contributed by atoms with Gasteiger partial charge < -0.3 is 31.5 Å². The van der Waals surface area contributed by atoms with Crippen LogP contribution in [0, 0.1) is 11.8 Å². The Morgan fingerprint density at radius 2 is 1.17 bits per heavy atom. The van der Waals surface area contributed by atoms with Crippen LogP contribution >= 0.6 is 0 Å². The summed E-state index contributed by atoms with van der Waals surface area (Å²) < 4.78 is 0. The van der Waals surface area contributed by atoms with E-state index in [1.165, 1.54) is 21.7 Å². The van der Waals surface area contributed by atoms with E-state index in [1.54, 1.807) is 21.0 Å². The van der Waals surface area contributed by atoms with Crippen LogP contribution in [0.25, 0.3) is 0 Å². The Labute approximate surface area is 285 Å². The lowest BCUT2D eigenvalue weighted by atomic mass is 9.99. The number of primary amides is 1. The van der Waals surface area contributed by atoms with E-state index < -0.39 is 47.9 Å². The van der Waals surface area contributed by atoms with Crippen LogP contribution in [0.1, 0.15) is 52.2 Å². The van der Waals surface area contributed by atoms with Crippen molar-refractivity contribution in [1.82, 2.24) is 25.3 Å². The van der Waals surface area contributed by atoms with Gasteiger partial charge in [0.25, 0.3) is 0 Å². The van der Waals surface area contributed by atoms with Crippen LogP contribution in [0.4, 0.5) is 0 Å². The van der Waals surface area contributed by atoms with Crippen LogP contribution < -0.4 is 22.1 Å². The average molecular weight is 666 g/mol. The van der Waals surface area contributed by atoms with Crippen molar-refractivity contribution in [3.05, 3.63) is 71.8 Å². The van der Waals surface area contributed by atoms with Crippen LogP contribution in [0.3, 0.4) is 0 Å². The standard InChI is InChI=1S/C36H55N7O5/c1-23(2)19-28(37)34(46)43(8)30(21-27-17-13-10-14-18-27)35(47)41(6)25(5)33(45)40-22-39-31(24(3)4)36(48)42(7)29(32(38)44)20-26-15-11-9-12-16-26/h9-18,23-25,28-31,39H,19-22,37H2,1-8H3,(H2,38,44)(H,40,45)/t25-,28?,29?,30?,31+/m0/s1. The number of likely N-dealkylation sites (N-methyl/N-ethyl adjacent to an activating group) is 3. The molecular formula is C36H55N7O5. The van der Waals surface area contributed by atoms with Gasteiger partial charge in [-0.15, -0.1) is 0 Å². The normalized spacial score (nSPS) is 14.4. The quantitative estimate of drug-likeness (QED) is 0.175. The van der Waals surface area contributed by atoms with Crippen LogP contribution in [-0.2, 0) is 36.8 Å². The zero-order valence-electron chi connectivity index (χ0n) is 29.7. The second-order valence-electron chi connectivity index (χ2n) is 13.2. The molecule has 0 aliphatic rings. The smallest absolute Gasteiger partial charge is 0.246 e. The van der Waals surface area contributed by atoms with E-state index in [0.29, 0.717) is 6.42 Å². The first-order chi connectivity index (χ1) is 22.6. The Hall–Kier alpha value is -4.29. The van der Waals surface area contributed by atoms with Gasteiger partial charge in [0, 0.05) is 34.0 Å². The summed E-state index contributed by atoms with van der Waals surface area (Å²) >= 11 is 0. The molecular weight excluding hydrogens is 610 g/mol. The molecule has 0 fully saturated rings. The number of nitrogens with zero attached hydrogens (tertiary/aromatic N) is 3. The number of carbonyl (C=O) groups excluding carboxylic acids is 5. The van der Waals surface area contributed by atoms with Gasteiger partial charge in [0.2, 0.25) is 29.5 Å². The highest BCUT2D eigenvalue weighted by molar-refractivity contribution is 5.93. The Bertz CT molecular complexity index is 1360. The predicted molar refractivity (Wildman–Crippen MR) is 187 cm³/mol. The highest BCUT2D eigenvalue weighted by atomic mass is 16.2. The lowest BCUT2D eigenvalue weighted by Gasteiger charge is -2.35. The molecule has 12 nitrogen and oxygen atoms in total. The van der Waals surface area contributed by atoms with Crippen LogP contribution in [-0.4, -0.2) is 102 Å². The van der Waals surface area contributed by atoms with Gasteiger partial charge in [0.1, 0.15) is 18.1 Å². The fourth-order valence-electron chi connectivity index (χ4n) is 5.50. The van der Waals surface area contributed by atoms with Crippen molar-refractivity contribution >= 4 is 29.5 Å².